The number of hydrogen-bond donors (Lipinski definition) is 3. The van der Waals surface area contributed by atoms with E-state index in [1.54, 1.807) is 23.9 Å². The molecule has 3 N–H and O–H groups in total. The lowest BCUT2D eigenvalue weighted by Crippen LogP contribution is -2.30. The number of anilines is 1. The standard InChI is InChI=1S/C29H24N4O5S2/c34-29(21-11-9-20(10-12-21)24-7-4-8-26-25(24)15-16-30-26)32-40(37,38)23-13-14-27(28(19-23)33(35)36)31-17-18-39-22-5-2-1-3-6-22/h1-16,19,30-31H,17-18H2,(H,32,34). The summed E-state index contributed by atoms with van der Waals surface area (Å²) in [6.45, 7) is 0.428. The fourth-order valence-corrected chi connectivity index (χ4v) is 6.01. The van der Waals surface area contributed by atoms with Gasteiger partial charge in [-0.15, -0.1) is 11.8 Å². The van der Waals surface area contributed by atoms with Crippen LogP contribution in [0.4, 0.5) is 11.4 Å². The molecular formula is C29H24N4O5S2. The zero-order chi connectivity index (χ0) is 28.1. The van der Waals surface area contributed by atoms with E-state index in [1.807, 2.05) is 65.5 Å². The Labute approximate surface area is 234 Å². The van der Waals surface area contributed by atoms with Crippen LogP contribution in [0, 0.1) is 10.1 Å². The highest BCUT2D eigenvalue weighted by Gasteiger charge is 2.24. The van der Waals surface area contributed by atoms with Crippen LogP contribution in [-0.2, 0) is 10.0 Å². The number of fused-ring (bicyclic) bond motifs is 1. The van der Waals surface area contributed by atoms with Crippen LogP contribution < -0.4 is 10.0 Å². The molecule has 5 aromatic rings. The van der Waals surface area contributed by atoms with Crippen LogP contribution in [0.25, 0.3) is 22.0 Å². The molecule has 0 saturated carbocycles. The van der Waals surface area contributed by atoms with Crippen molar-refractivity contribution < 1.29 is 18.1 Å². The Morgan fingerprint density at radius 3 is 2.45 bits per heavy atom. The normalized spacial score (nSPS) is 11.3. The van der Waals surface area contributed by atoms with Crippen molar-refractivity contribution in [3.05, 3.63) is 119 Å². The van der Waals surface area contributed by atoms with Gasteiger partial charge in [0.2, 0.25) is 0 Å². The minimum Gasteiger partial charge on any atom is -0.379 e. The molecule has 40 heavy (non-hydrogen) atoms. The molecule has 1 amide bonds. The van der Waals surface area contributed by atoms with Crippen molar-refractivity contribution in [2.45, 2.75) is 9.79 Å². The van der Waals surface area contributed by atoms with E-state index < -0.39 is 26.5 Å². The number of rotatable bonds is 10. The number of benzene rings is 4. The summed E-state index contributed by atoms with van der Waals surface area (Å²) in [6.07, 6.45) is 1.85. The number of nitrogens with zero attached hydrogens (tertiary/aromatic N) is 1. The van der Waals surface area contributed by atoms with E-state index in [2.05, 4.69) is 10.3 Å². The van der Waals surface area contributed by atoms with Gasteiger partial charge in [-0.3, -0.25) is 14.9 Å². The van der Waals surface area contributed by atoms with Gasteiger partial charge in [0.15, 0.2) is 0 Å². The molecule has 0 atom stereocenters. The van der Waals surface area contributed by atoms with Gasteiger partial charge in [-0.25, -0.2) is 13.1 Å². The van der Waals surface area contributed by atoms with Gasteiger partial charge in [0, 0.05) is 45.9 Å². The van der Waals surface area contributed by atoms with E-state index in [0.29, 0.717) is 12.3 Å². The number of hydrogen-bond acceptors (Lipinski definition) is 7. The van der Waals surface area contributed by atoms with Gasteiger partial charge in [0.1, 0.15) is 5.69 Å². The second-order valence-electron chi connectivity index (χ2n) is 8.78. The van der Waals surface area contributed by atoms with Gasteiger partial charge in [-0.1, -0.05) is 42.5 Å². The number of H-pyrrole nitrogens is 1. The highest BCUT2D eigenvalue weighted by molar-refractivity contribution is 7.99. The van der Waals surface area contributed by atoms with Crippen molar-refractivity contribution in [1.82, 2.24) is 9.71 Å². The lowest BCUT2D eigenvalue weighted by Gasteiger charge is -2.11. The number of nitro benzene ring substituents is 1. The molecule has 4 aromatic carbocycles. The second-order valence-corrected chi connectivity index (χ2v) is 11.6. The maximum absolute atomic E-state index is 12.9. The average Bonchev–Trinajstić information content (AvgIpc) is 3.45. The Balaban J connectivity index is 1.27. The zero-order valence-corrected chi connectivity index (χ0v) is 22.7. The topological polar surface area (TPSA) is 134 Å². The highest BCUT2D eigenvalue weighted by Crippen LogP contribution is 2.30. The fourth-order valence-electron chi connectivity index (χ4n) is 4.23. The number of carbonyl (C=O) groups is 1. The molecule has 9 nitrogen and oxygen atoms in total. The molecular weight excluding hydrogens is 548 g/mol. The third kappa shape index (κ3) is 6.00. The van der Waals surface area contributed by atoms with Gasteiger partial charge < -0.3 is 10.3 Å². The average molecular weight is 573 g/mol. The third-order valence-corrected chi connectivity index (χ3v) is 8.53. The first-order valence-electron chi connectivity index (χ1n) is 12.3. The molecule has 0 saturated heterocycles. The number of carbonyl (C=O) groups excluding carboxylic acids is 1. The Hall–Kier alpha value is -4.61. The number of nitro groups is 1. The van der Waals surface area contributed by atoms with Gasteiger partial charge in [0.25, 0.3) is 21.6 Å². The molecule has 0 radical (unpaired) electrons. The molecule has 202 valence electrons. The van der Waals surface area contributed by atoms with E-state index in [0.717, 1.165) is 33.0 Å². The number of thioether (sulfide) groups is 1. The first-order chi connectivity index (χ1) is 19.3. The lowest BCUT2D eigenvalue weighted by atomic mass is 10.0. The zero-order valence-electron chi connectivity index (χ0n) is 21.0. The Morgan fingerprint density at radius 2 is 1.70 bits per heavy atom. The van der Waals surface area contributed by atoms with Crippen LogP contribution in [0.15, 0.2) is 113 Å². The van der Waals surface area contributed by atoms with E-state index in [4.69, 9.17) is 0 Å². The highest BCUT2D eigenvalue weighted by atomic mass is 32.2. The first-order valence-corrected chi connectivity index (χ1v) is 14.7. The van der Waals surface area contributed by atoms with E-state index in [9.17, 15) is 23.3 Å². The summed E-state index contributed by atoms with van der Waals surface area (Å²) in [7, 11) is -4.37. The third-order valence-electron chi connectivity index (χ3n) is 6.19. The molecule has 0 fully saturated rings. The van der Waals surface area contributed by atoms with Crippen molar-refractivity contribution in [1.29, 1.82) is 0 Å². The second kappa shape index (κ2) is 11.6. The minimum absolute atomic E-state index is 0.136. The number of aromatic nitrogens is 1. The van der Waals surface area contributed by atoms with E-state index in [-0.39, 0.29) is 16.1 Å². The summed E-state index contributed by atoms with van der Waals surface area (Å²) in [4.78, 5) is 27.7. The van der Waals surface area contributed by atoms with Gasteiger partial charge in [-0.05, 0) is 59.7 Å². The van der Waals surface area contributed by atoms with Gasteiger partial charge in [-0.2, -0.15) is 0 Å². The summed E-state index contributed by atoms with van der Waals surface area (Å²) in [5.41, 5.74) is 2.74. The van der Waals surface area contributed by atoms with E-state index in [1.165, 1.54) is 24.3 Å². The van der Waals surface area contributed by atoms with Crippen LogP contribution >= 0.6 is 11.8 Å². The molecule has 1 aromatic heterocycles. The first kappa shape index (κ1) is 27.0. The minimum atomic E-state index is -4.37. The van der Waals surface area contributed by atoms with Crippen molar-refractivity contribution in [2.24, 2.45) is 0 Å². The summed E-state index contributed by atoms with van der Waals surface area (Å²) in [5, 5.41) is 15.7. The van der Waals surface area contributed by atoms with Crippen molar-refractivity contribution >= 4 is 50.0 Å². The van der Waals surface area contributed by atoms with Crippen molar-refractivity contribution in [3.63, 3.8) is 0 Å². The quantitative estimate of drug-likeness (QED) is 0.0801. The predicted octanol–water partition coefficient (Wildman–Crippen LogP) is 6.07. The molecule has 0 bridgehead atoms. The Bertz CT molecular complexity index is 1790. The molecule has 1 heterocycles. The fraction of sp³-hybridized carbons (Fsp3) is 0.0690. The maximum atomic E-state index is 12.9. The van der Waals surface area contributed by atoms with Crippen LogP contribution in [0.2, 0.25) is 0 Å². The monoisotopic (exact) mass is 572 g/mol. The van der Waals surface area contributed by atoms with Crippen molar-refractivity contribution in [3.8, 4) is 11.1 Å². The lowest BCUT2D eigenvalue weighted by molar-refractivity contribution is -0.384. The molecule has 0 aliphatic carbocycles. The van der Waals surface area contributed by atoms with Crippen molar-refractivity contribution in [2.75, 3.05) is 17.6 Å². The molecule has 5 rings (SSSR count). The molecule has 0 spiro atoms. The molecule has 0 aliphatic rings. The van der Waals surface area contributed by atoms with Crippen LogP contribution in [0.1, 0.15) is 10.4 Å². The smallest absolute Gasteiger partial charge is 0.293 e. The molecule has 0 unspecified atom stereocenters. The van der Waals surface area contributed by atoms with Crippen LogP contribution in [0.3, 0.4) is 0 Å². The number of aromatic amines is 1. The Kier molecular flexibility index (Phi) is 7.85. The largest absolute Gasteiger partial charge is 0.379 e. The summed E-state index contributed by atoms with van der Waals surface area (Å²) < 4.78 is 27.9. The molecule has 0 aliphatic heterocycles. The van der Waals surface area contributed by atoms with Gasteiger partial charge in [0.05, 0.1) is 9.82 Å². The summed E-state index contributed by atoms with van der Waals surface area (Å²) >= 11 is 1.59. The van der Waals surface area contributed by atoms with Gasteiger partial charge >= 0.3 is 0 Å². The number of sulfonamides is 1. The van der Waals surface area contributed by atoms with Crippen LogP contribution in [0.5, 0.6) is 0 Å². The van der Waals surface area contributed by atoms with Crippen LogP contribution in [-0.4, -0.2) is 36.5 Å². The number of nitrogens with one attached hydrogen (secondary N) is 3. The summed E-state index contributed by atoms with van der Waals surface area (Å²) in [5.74, 6) is -0.190. The van der Waals surface area contributed by atoms with E-state index >= 15 is 0 Å². The number of amides is 1. The Morgan fingerprint density at radius 1 is 0.925 bits per heavy atom. The predicted molar refractivity (Wildman–Crippen MR) is 157 cm³/mol. The molecule has 11 heteroatoms. The maximum Gasteiger partial charge on any atom is 0.293 e. The SMILES string of the molecule is O=C(NS(=O)(=O)c1ccc(NCCSc2ccccc2)c([N+](=O)[O-])c1)c1ccc(-c2cccc3[nH]ccc23)cc1. The summed E-state index contributed by atoms with van der Waals surface area (Å²) in [6, 6.07) is 27.6.